The maximum Gasteiger partial charge on any atom is 0.0535 e. The summed E-state index contributed by atoms with van der Waals surface area (Å²) in [6.45, 7) is 3.13. The molecule has 2 rings (SSSR count). The van der Waals surface area contributed by atoms with E-state index >= 15 is 0 Å². The molecule has 0 amide bonds. The minimum Gasteiger partial charge on any atom is -0.381 e. The van der Waals surface area contributed by atoms with Crippen molar-refractivity contribution >= 4 is 11.8 Å². The molecule has 82 valence electrons. The van der Waals surface area contributed by atoms with Crippen LogP contribution < -0.4 is 5.32 Å². The van der Waals surface area contributed by atoms with Crippen LogP contribution in [0.25, 0.3) is 0 Å². The van der Waals surface area contributed by atoms with Gasteiger partial charge in [-0.05, 0) is 37.7 Å². The first-order valence-corrected chi connectivity index (χ1v) is 7.04. The van der Waals surface area contributed by atoms with Crippen LogP contribution in [0.1, 0.15) is 25.7 Å². The van der Waals surface area contributed by atoms with Crippen molar-refractivity contribution < 1.29 is 4.74 Å². The zero-order valence-electron chi connectivity index (χ0n) is 9.05. The molecule has 0 radical (unpaired) electrons. The molecule has 3 heteroatoms. The lowest BCUT2D eigenvalue weighted by Crippen LogP contribution is -2.36. The van der Waals surface area contributed by atoms with Crippen LogP contribution in [0.5, 0.6) is 0 Å². The van der Waals surface area contributed by atoms with Gasteiger partial charge in [-0.15, -0.1) is 0 Å². The lowest BCUT2D eigenvalue weighted by molar-refractivity contribution is 0.147. The molecule has 1 N–H and O–H groups in total. The second-order valence-corrected chi connectivity index (χ2v) is 5.69. The Hall–Kier alpha value is 0.270. The van der Waals surface area contributed by atoms with E-state index in [1.54, 1.807) is 0 Å². The highest BCUT2D eigenvalue weighted by atomic mass is 32.2. The quantitative estimate of drug-likeness (QED) is 0.731. The summed E-state index contributed by atoms with van der Waals surface area (Å²) in [7, 11) is 0. The molecule has 1 unspecified atom stereocenters. The van der Waals surface area contributed by atoms with E-state index in [2.05, 4.69) is 11.6 Å². The first kappa shape index (κ1) is 10.8. The second-order valence-electron chi connectivity index (χ2n) is 4.70. The molecule has 1 saturated carbocycles. The van der Waals surface area contributed by atoms with Gasteiger partial charge in [-0.25, -0.2) is 0 Å². The molecule has 1 saturated heterocycles. The molecule has 1 aliphatic carbocycles. The zero-order chi connectivity index (χ0) is 9.86. The third-order valence-electron chi connectivity index (χ3n) is 3.36. The third-order valence-corrected chi connectivity index (χ3v) is 3.98. The average molecular weight is 215 g/mol. The Morgan fingerprint density at radius 2 is 2.36 bits per heavy atom. The van der Waals surface area contributed by atoms with Crippen molar-refractivity contribution in [2.24, 2.45) is 5.41 Å². The van der Waals surface area contributed by atoms with Crippen molar-refractivity contribution in [3.05, 3.63) is 0 Å². The first-order valence-electron chi connectivity index (χ1n) is 5.65. The van der Waals surface area contributed by atoms with Gasteiger partial charge in [0.05, 0.1) is 6.61 Å². The predicted molar refractivity (Wildman–Crippen MR) is 61.9 cm³/mol. The van der Waals surface area contributed by atoms with Gasteiger partial charge in [-0.1, -0.05) is 0 Å². The Labute approximate surface area is 91.2 Å². The van der Waals surface area contributed by atoms with Crippen LogP contribution in [-0.2, 0) is 4.74 Å². The highest BCUT2D eigenvalue weighted by molar-refractivity contribution is 7.98. The molecular weight excluding hydrogens is 194 g/mol. The molecule has 1 aliphatic heterocycles. The summed E-state index contributed by atoms with van der Waals surface area (Å²) in [5.74, 6) is 1.27. The van der Waals surface area contributed by atoms with Crippen LogP contribution in [-0.4, -0.2) is 37.8 Å². The van der Waals surface area contributed by atoms with Gasteiger partial charge in [0.25, 0.3) is 0 Å². The minimum absolute atomic E-state index is 0.464. The van der Waals surface area contributed by atoms with E-state index in [9.17, 15) is 0 Å². The Morgan fingerprint density at radius 3 is 2.93 bits per heavy atom. The van der Waals surface area contributed by atoms with Crippen LogP contribution in [0.2, 0.25) is 0 Å². The smallest absolute Gasteiger partial charge is 0.0535 e. The Morgan fingerprint density at radius 1 is 1.50 bits per heavy atom. The summed E-state index contributed by atoms with van der Waals surface area (Å²) >= 11 is 1.95. The number of thioether (sulfide) groups is 1. The molecule has 2 aliphatic rings. The Bertz CT molecular complexity index is 176. The lowest BCUT2D eigenvalue weighted by atomic mass is 9.84. The molecule has 0 bridgehead atoms. The van der Waals surface area contributed by atoms with Gasteiger partial charge < -0.3 is 10.1 Å². The summed E-state index contributed by atoms with van der Waals surface area (Å²) in [4.78, 5) is 0. The fourth-order valence-electron chi connectivity index (χ4n) is 2.04. The van der Waals surface area contributed by atoms with Crippen LogP contribution in [0.15, 0.2) is 0 Å². The zero-order valence-corrected chi connectivity index (χ0v) is 9.87. The summed E-state index contributed by atoms with van der Waals surface area (Å²) in [5.41, 5.74) is 0.464. The van der Waals surface area contributed by atoms with E-state index in [1.165, 1.54) is 38.0 Å². The van der Waals surface area contributed by atoms with E-state index in [-0.39, 0.29) is 0 Å². The molecule has 0 aromatic rings. The van der Waals surface area contributed by atoms with Crippen molar-refractivity contribution in [2.75, 3.05) is 31.8 Å². The van der Waals surface area contributed by atoms with Crippen molar-refractivity contribution in [2.45, 2.75) is 31.7 Å². The second kappa shape index (κ2) is 4.86. The molecule has 1 heterocycles. The first-order chi connectivity index (χ1) is 6.85. The van der Waals surface area contributed by atoms with Gasteiger partial charge in [-0.2, -0.15) is 11.8 Å². The predicted octanol–water partition coefficient (Wildman–Crippen LogP) is 1.90. The molecule has 2 fully saturated rings. The van der Waals surface area contributed by atoms with E-state index in [0.717, 1.165) is 19.3 Å². The normalized spacial score (nSPS) is 32.4. The largest absolute Gasteiger partial charge is 0.381 e. The van der Waals surface area contributed by atoms with Gasteiger partial charge in [0, 0.05) is 24.6 Å². The monoisotopic (exact) mass is 215 g/mol. The van der Waals surface area contributed by atoms with Crippen molar-refractivity contribution in [1.82, 2.24) is 5.32 Å². The highest BCUT2D eigenvalue weighted by Crippen LogP contribution is 2.34. The van der Waals surface area contributed by atoms with E-state index in [0.29, 0.717) is 5.41 Å². The summed E-state index contributed by atoms with van der Waals surface area (Å²) in [6, 6.07) is 0.835. The van der Waals surface area contributed by atoms with E-state index in [4.69, 9.17) is 4.74 Å². The van der Waals surface area contributed by atoms with Gasteiger partial charge >= 0.3 is 0 Å². The van der Waals surface area contributed by atoms with Gasteiger partial charge in [0.1, 0.15) is 0 Å². The molecule has 1 atom stereocenters. The van der Waals surface area contributed by atoms with Crippen molar-refractivity contribution in [3.63, 3.8) is 0 Å². The van der Waals surface area contributed by atoms with Gasteiger partial charge in [0.2, 0.25) is 0 Å². The topological polar surface area (TPSA) is 21.3 Å². The summed E-state index contributed by atoms with van der Waals surface area (Å²) < 4.78 is 5.56. The minimum atomic E-state index is 0.464. The standard InChI is InChI=1S/C11H21NOS/c1-14-7-5-11(4-6-13-9-11)8-12-10-2-3-10/h10,12H,2-9H2,1H3. The van der Waals surface area contributed by atoms with Gasteiger partial charge in [0.15, 0.2) is 0 Å². The lowest BCUT2D eigenvalue weighted by Gasteiger charge is -2.27. The molecule has 2 nitrogen and oxygen atoms in total. The van der Waals surface area contributed by atoms with Crippen molar-refractivity contribution in [1.29, 1.82) is 0 Å². The molecule has 0 aromatic carbocycles. The molecule has 0 aromatic heterocycles. The molecular formula is C11H21NOS. The number of rotatable bonds is 6. The van der Waals surface area contributed by atoms with Gasteiger partial charge in [-0.3, -0.25) is 0 Å². The third kappa shape index (κ3) is 2.88. The van der Waals surface area contributed by atoms with E-state index in [1.807, 2.05) is 11.8 Å². The Balaban J connectivity index is 1.77. The van der Waals surface area contributed by atoms with E-state index < -0.39 is 0 Å². The number of hydrogen-bond donors (Lipinski definition) is 1. The van der Waals surface area contributed by atoms with Crippen LogP contribution in [0.4, 0.5) is 0 Å². The maximum absolute atomic E-state index is 5.56. The van der Waals surface area contributed by atoms with Crippen LogP contribution in [0, 0.1) is 5.41 Å². The fourth-order valence-corrected chi connectivity index (χ4v) is 2.68. The number of ether oxygens (including phenoxy) is 1. The van der Waals surface area contributed by atoms with Crippen LogP contribution in [0.3, 0.4) is 0 Å². The molecule has 0 spiro atoms. The number of nitrogens with one attached hydrogen (secondary N) is 1. The molecule has 14 heavy (non-hydrogen) atoms. The van der Waals surface area contributed by atoms with Crippen molar-refractivity contribution in [3.8, 4) is 0 Å². The summed E-state index contributed by atoms with van der Waals surface area (Å²) in [6.07, 6.45) is 7.54. The number of hydrogen-bond acceptors (Lipinski definition) is 3. The SMILES string of the molecule is CSCCC1(CNC2CC2)CCOC1. The summed E-state index contributed by atoms with van der Waals surface area (Å²) in [5, 5.41) is 3.66. The fraction of sp³-hybridized carbons (Fsp3) is 1.00. The highest BCUT2D eigenvalue weighted by Gasteiger charge is 2.35. The van der Waals surface area contributed by atoms with Crippen LogP contribution >= 0.6 is 11.8 Å². The Kier molecular flexibility index (Phi) is 3.74. The maximum atomic E-state index is 5.56. The average Bonchev–Trinajstić information content (AvgIpc) is 2.93.